The van der Waals surface area contributed by atoms with Crippen molar-refractivity contribution in [2.24, 2.45) is 0 Å². The van der Waals surface area contributed by atoms with Crippen LogP contribution in [0, 0.1) is 0 Å². The largest absolute Gasteiger partial charge is 0.490 e. The minimum Gasteiger partial charge on any atom is -0.490 e. The van der Waals surface area contributed by atoms with Crippen LogP contribution in [0.4, 0.5) is 0 Å². The second kappa shape index (κ2) is 9.68. The molecular formula is C19H21ClN2O4. The van der Waals surface area contributed by atoms with E-state index in [4.69, 9.17) is 21.1 Å². The molecule has 0 aliphatic heterocycles. The summed E-state index contributed by atoms with van der Waals surface area (Å²) in [4.78, 5) is 24.2. The predicted octanol–water partition coefficient (Wildman–Crippen LogP) is 3.14. The first-order valence-electron chi connectivity index (χ1n) is 8.26. The van der Waals surface area contributed by atoms with Crippen molar-refractivity contribution < 1.29 is 19.1 Å². The van der Waals surface area contributed by atoms with Crippen LogP contribution in [0.25, 0.3) is 0 Å². The highest BCUT2D eigenvalue weighted by Gasteiger charge is 2.12. The molecule has 26 heavy (non-hydrogen) atoms. The quantitative estimate of drug-likeness (QED) is 0.728. The molecule has 0 heterocycles. The summed E-state index contributed by atoms with van der Waals surface area (Å²) in [5.41, 5.74) is 5.93. The molecule has 2 amide bonds. The SMILES string of the molecule is CCOc1ccc(C(=O)NNC(=O)Cc2ccc(Cl)cc2)cc1OCC. The van der Waals surface area contributed by atoms with Gasteiger partial charge in [-0.3, -0.25) is 20.4 Å². The Balaban J connectivity index is 1.95. The average Bonchev–Trinajstić information content (AvgIpc) is 2.63. The lowest BCUT2D eigenvalue weighted by atomic mass is 10.1. The van der Waals surface area contributed by atoms with E-state index < -0.39 is 5.91 Å². The van der Waals surface area contributed by atoms with E-state index in [2.05, 4.69) is 10.9 Å². The van der Waals surface area contributed by atoms with Crippen molar-refractivity contribution in [3.8, 4) is 11.5 Å². The van der Waals surface area contributed by atoms with Gasteiger partial charge < -0.3 is 9.47 Å². The molecule has 2 aromatic rings. The van der Waals surface area contributed by atoms with Crippen molar-refractivity contribution in [1.82, 2.24) is 10.9 Å². The third-order valence-electron chi connectivity index (χ3n) is 3.40. The smallest absolute Gasteiger partial charge is 0.269 e. The lowest BCUT2D eigenvalue weighted by molar-refractivity contribution is -0.121. The summed E-state index contributed by atoms with van der Waals surface area (Å²) in [6.07, 6.45) is 0.130. The Kier molecular flexibility index (Phi) is 7.29. The molecule has 0 atom stereocenters. The van der Waals surface area contributed by atoms with Crippen LogP contribution in [-0.2, 0) is 11.2 Å². The van der Waals surface area contributed by atoms with Crippen LogP contribution in [0.2, 0.25) is 5.02 Å². The summed E-state index contributed by atoms with van der Waals surface area (Å²) in [7, 11) is 0. The Hall–Kier alpha value is -2.73. The van der Waals surface area contributed by atoms with Crippen LogP contribution in [0.3, 0.4) is 0 Å². The fraction of sp³-hybridized carbons (Fsp3) is 0.263. The molecule has 2 aromatic carbocycles. The van der Waals surface area contributed by atoms with E-state index in [1.807, 2.05) is 13.8 Å². The van der Waals surface area contributed by atoms with Gasteiger partial charge in [-0.05, 0) is 49.7 Å². The molecule has 0 aliphatic carbocycles. The molecule has 7 heteroatoms. The average molecular weight is 377 g/mol. The predicted molar refractivity (Wildman–Crippen MR) is 99.5 cm³/mol. The maximum atomic E-state index is 12.2. The van der Waals surface area contributed by atoms with Gasteiger partial charge in [-0.25, -0.2) is 0 Å². The molecule has 2 rings (SSSR count). The molecule has 0 saturated carbocycles. The van der Waals surface area contributed by atoms with Gasteiger partial charge >= 0.3 is 0 Å². The molecular weight excluding hydrogens is 356 g/mol. The second-order valence-electron chi connectivity index (χ2n) is 5.33. The van der Waals surface area contributed by atoms with E-state index in [9.17, 15) is 9.59 Å². The lowest BCUT2D eigenvalue weighted by Crippen LogP contribution is -2.42. The summed E-state index contributed by atoms with van der Waals surface area (Å²) in [5.74, 6) is 0.266. The van der Waals surface area contributed by atoms with E-state index in [1.54, 1.807) is 42.5 Å². The molecule has 2 N–H and O–H groups in total. The van der Waals surface area contributed by atoms with Gasteiger partial charge in [-0.15, -0.1) is 0 Å². The number of nitrogens with one attached hydrogen (secondary N) is 2. The highest BCUT2D eigenvalue weighted by molar-refractivity contribution is 6.30. The van der Waals surface area contributed by atoms with Gasteiger partial charge in [0.25, 0.3) is 5.91 Å². The Morgan fingerprint density at radius 2 is 1.58 bits per heavy atom. The standard InChI is InChI=1S/C19H21ClN2O4/c1-3-25-16-10-7-14(12-17(16)26-4-2)19(24)22-21-18(23)11-13-5-8-15(20)9-6-13/h5-10,12H,3-4,11H2,1-2H3,(H,21,23)(H,22,24). The van der Waals surface area contributed by atoms with Gasteiger partial charge in [0, 0.05) is 10.6 Å². The number of rotatable bonds is 7. The number of halogens is 1. The summed E-state index contributed by atoms with van der Waals surface area (Å²) in [6, 6.07) is 11.8. The summed E-state index contributed by atoms with van der Waals surface area (Å²) >= 11 is 5.81. The third-order valence-corrected chi connectivity index (χ3v) is 3.65. The van der Waals surface area contributed by atoms with E-state index in [1.165, 1.54) is 0 Å². The summed E-state index contributed by atoms with van der Waals surface area (Å²) in [5, 5.41) is 0.600. The van der Waals surface area contributed by atoms with E-state index in [0.717, 1.165) is 5.56 Å². The first-order chi connectivity index (χ1) is 12.5. The molecule has 0 spiro atoms. The number of hydrogen-bond acceptors (Lipinski definition) is 4. The highest BCUT2D eigenvalue weighted by atomic mass is 35.5. The van der Waals surface area contributed by atoms with Crippen molar-refractivity contribution in [2.75, 3.05) is 13.2 Å². The van der Waals surface area contributed by atoms with E-state index >= 15 is 0 Å². The molecule has 0 bridgehead atoms. The summed E-state index contributed by atoms with van der Waals surface area (Å²) < 4.78 is 11.0. The lowest BCUT2D eigenvalue weighted by Gasteiger charge is -2.13. The molecule has 0 unspecified atom stereocenters. The number of amides is 2. The first kappa shape index (κ1) is 19.6. The maximum absolute atomic E-state index is 12.2. The number of carbonyl (C=O) groups is 2. The van der Waals surface area contributed by atoms with Gasteiger partial charge in [0.2, 0.25) is 5.91 Å². The highest BCUT2D eigenvalue weighted by Crippen LogP contribution is 2.28. The van der Waals surface area contributed by atoms with E-state index in [0.29, 0.717) is 35.3 Å². The molecule has 0 fully saturated rings. The molecule has 0 aromatic heterocycles. The fourth-order valence-corrected chi connectivity index (χ4v) is 2.35. The third kappa shape index (κ3) is 5.67. The van der Waals surface area contributed by atoms with Crippen LogP contribution < -0.4 is 20.3 Å². The van der Waals surface area contributed by atoms with Crippen LogP contribution in [0.1, 0.15) is 29.8 Å². The van der Waals surface area contributed by atoms with E-state index in [-0.39, 0.29) is 12.3 Å². The number of benzene rings is 2. The zero-order valence-corrected chi connectivity index (χ0v) is 15.4. The van der Waals surface area contributed by atoms with Gasteiger partial charge in [0.05, 0.1) is 19.6 Å². The normalized spacial score (nSPS) is 10.1. The molecule has 0 aliphatic rings. The van der Waals surface area contributed by atoms with Gasteiger partial charge in [-0.1, -0.05) is 23.7 Å². The second-order valence-corrected chi connectivity index (χ2v) is 5.77. The number of carbonyl (C=O) groups excluding carboxylic acids is 2. The van der Waals surface area contributed by atoms with Gasteiger partial charge in [-0.2, -0.15) is 0 Å². The van der Waals surface area contributed by atoms with Crippen molar-refractivity contribution in [1.29, 1.82) is 0 Å². The van der Waals surface area contributed by atoms with Crippen molar-refractivity contribution >= 4 is 23.4 Å². The first-order valence-corrected chi connectivity index (χ1v) is 8.64. The summed E-state index contributed by atoms with van der Waals surface area (Å²) in [6.45, 7) is 4.65. The van der Waals surface area contributed by atoms with Gasteiger partial charge in [0.1, 0.15) is 0 Å². The number of hydrazine groups is 1. The fourth-order valence-electron chi connectivity index (χ4n) is 2.22. The Labute approximate surface area is 157 Å². The van der Waals surface area contributed by atoms with Crippen LogP contribution in [-0.4, -0.2) is 25.0 Å². The van der Waals surface area contributed by atoms with Crippen LogP contribution in [0.5, 0.6) is 11.5 Å². The van der Waals surface area contributed by atoms with Gasteiger partial charge in [0.15, 0.2) is 11.5 Å². The minimum absolute atomic E-state index is 0.130. The zero-order chi connectivity index (χ0) is 18.9. The molecule has 138 valence electrons. The Bertz CT molecular complexity index is 763. The maximum Gasteiger partial charge on any atom is 0.269 e. The number of ether oxygens (including phenoxy) is 2. The number of hydrogen-bond donors (Lipinski definition) is 2. The topological polar surface area (TPSA) is 76.7 Å². The Morgan fingerprint density at radius 3 is 2.23 bits per heavy atom. The van der Waals surface area contributed by atoms with Crippen LogP contribution >= 0.6 is 11.6 Å². The van der Waals surface area contributed by atoms with Crippen LogP contribution in [0.15, 0.2) is 42.5 Å². The van der Waals surface area contributed by atoms with Crippen molar-refractivity contribution in [2.45, 2.75) is 20.3 Å². The van der Waals surface area contributed by atoms with Crippen molar-refractivity contribution in [3.63, 3.8) is 0 Å². The Morgan fingerprint density at radius 1 is 0.923 bits per heavy atom. The zero-order valence-electron chi connectivity index (χ0n) is 14.7. The molecule has 0 saturated heterocycles. The monoisotopic (exact) mass is 376 g/mol. The molecule has 6 nitrogen and oxygen atoms in total. The van der Waals surface area contributed by atoms with Crippen molar-refractivity contribution in [3.05, 3.63) is 58.6 Å². The minimum atomic E-state index is -0.446. The molecule has 0 radical (unpaired) electrons.